The van der Waals surface area contributed by atoms with E-state index in [0.29, 0.717) is 0 Å². The largest absolute Gasteiger partial charge is 0.303 e. The molecule has 0 spiro atoms. The molecule has 3 heteroatoms. The van der Waals surface area contributed by atoms with Crippen LogP contribution in [-0.2, 0) is 13.5 Å². The van der Waals surface area contributed by atoms with Gasteiger partial charge in [0.15, 0.2) is 6.20 Å². The van der Waals surface area contributed by atoms with Crippen molar-refractivity contribution in [2.24, 2.45) is 7.05 Å². The van der Waals surface area contributed by atoms with E-state index in [-0.39, 0.29) is 0 Å². The second kappa shape index (κ2) is 4.29. The third-order valence-electron chi connectivity index (χ3n) is 4.35. The zero-order chi connectivity index (χ0) is 14.6. The highest BCUT2D eigenvalue weighted by molar-refractivity contribution is 5.72. The maximum Gasteiger partial charge on any atom is 0.212 e. The van der Waals surface area contributed by atoms with Gasteiger partial charge in [-0.25, -0.2) is 9.55 Å². The van der Waals surface area contributed by atoms with E-state index in [9.17, 15) is 0 Å². The fourth-order valence-electron chi connectivity index (χ4n) is 3.36. The van der Waals surface area contributed by atoms with Crippen molar-refractivity contribution in [3.05, 3.63) is 65.4 Å². The second-order valence-corrected chi connectivity index (χ2v) is 5.85. The monoisotopic (exact) mass is 276 g/mol. The van der Waals surface area contributed by atoms with E-state index in [1.807, 2.05) is 6.20 Å². The first-order chi connectivity index (χ1) is 10.1. The standard InChI is InChI=1S/C18H18N3/c1-12-4-6-16(20(3)11-12)18-13(2)5-7-15-14(18)10-17-19-8-9-21(15)17/h4-9,11H,10H2,1-3H3/q+1. The topological polar surface area (TPSA) is 21.7 Å². The van der Waals surface area contributed by atoms with Gasteiger partial charge in [0.25, 0.3) is 0 Å². The Hall–Kier alpha value is -2.42. The van der Waals surface area contributed by atoms with Crippen LogP contribution in [0.3, 0.4) is 0 Å². The van der Waals surface area contributed by atoms with Crippen molar-refractivity contribution in [1.29, 1.82) is 0 Å². The summed E-state index contributed by atoms with van der Waals surface area (Å²) in [6.45, 7) is 4.32. The summed E-state index contributed by atoms with van der Waals surface area (Å²) in [5, 5.41) is 0. The van der Waals surface area contributed by atoms with E-state index in [4.69, 9.17) is 0 Å². The molecule has 1 aliphatic rings. The number of fused-ring (bicyclic) bond motifs is 3. The highest BCUT2D eigenvalue weighted by atomic mass is 15.1. The van der Waals surface area contributed by atoms with Crippen molar-refractivity contribution in [2.45, 2.75) is 20.3 Å². The Kier molecular flexibility index (Phi) is 2.52. The van der Waals surface area contributed by atoms with Gasteiger partial charge in [0.1, 0.15) is 12.9 Å². The quantitative estimate of drug-likeness (QED) is 0.490. The van der Waals surface area contributed by atoms with Crippen LogP contribution in [0.2, 0.25) is 0 Å². The Labute approximate surface area is 124 Å². The molecule has 0 radical (unpaired) electrons. The lowest BCUT2D eigenvalue weighted by atomic mass is 9.95. The second-order valence-electron chi connectivity index (χ2n) is 5.85. The summed E-state index contributed by atoms with van der Waals surface area (Å²) in [4.78, 5) is 4.47. The van der Waals surface area contributed by atoms with Crippen molar-refractivity contribution in [3.63, 3.8) is 0 Å². The first-order valence-corrected chi connectivity index (χ1v) is 7.27. The SMILES string of the molecule is Cc1ccc(-c2c(C)ccc3c2Cc2nccn2-3)[n+](C)c1. The predicted molar refractivity (Wildman–Crippen MR) is 82.5 cm³/mol. The molecule has 21 heavy (non-hydrogen) atoms. The molecule has 0 unspecified atom stereocenters. The molecule has 0 saturated carbocycles. The Morgan fingerprint density at radius 2 is 2.00 bits per heavy atom. The smallest absolute Gasteiger partial charge is 0.212 e. The van der Waals surface area contributed by atoms with E-state index in [2.05, 4.69) is 71.7 Å². The van der Waals surface area contributed by atoms with Gasteiger partial charge < -0.3 is 4.57 Å². The van der Waals surface area contributed by atoms with Crippen molar-refractivity contribution in [1.82, 2.24) is 9.55 Å². The maximum atomic E-state index is 4.47. The number of rotatable bonds is 1. The third kappa shape index (κ3) is 1.74. The van der Waals surface area contributed by atoms with Crippen molar-refractivity contribution in [3.8, 4) is 16.9 Å². The van der Waals surface area contributed by atoms with Gasteiger partial charge in [-0.05, 0) is 37.1 Å². The van der Waals surface area contributed by atoms with E-state index < -0.39 is 0 Å². The zero-order valence-corrected chi connectivity index (χ0v) is 12.6. The molecular weight excluding hydrogens is 258 g/mol. The summed E-state index contributed by atoms with van der Waals surface area (Å²) < 4.78 is 4.42. The van der Waals surface area contributed by atoms with Gasteiger partial charge in [-0.2, -0.15) is 0 Å². The summed E-state index contributed by atoms with van der Waals surface area (Å²) in [5.41, 5.74) is 7.86. The molecule has 3 nitrogen and oxygen atoms in total. The molecule has 0 saturated heterocycles. The van der Waals surface area contributed by atoms with Crippen LogP contribution in [0.25, 0.3) is 16.9 Å². The number of benzene rings is 1. The number of imidazole rings is 1. The van der Waals surface area contributed by atoms with Gasteiger partial charge in [0.05, 0.1) is 11.3 Å². The van der Waals surface area contributed by atoms with Crippen molar-refractivity contribution in [2.75, 3.05) is 0 Å². The Bertz CT molecular complexity index is 859. The first-order valence-electron chi connectivity index (χ1n) is 7.27. The van der Waals surface area contributed by atoms with Gasteiger partial charge in [-0.3, -0.25) is 0 Å². The molecule has 2 aromatic heterocycles. The fourth-order valence-corrected chi connectivity index (χ4v) is 3.36. The van der Waals surface area contributed by atoms with Crippen molar-refractivity contribution < 1.29 is 4.57 Å². The van der Waals surface area contributed by atoms with Crippen LogP contribution in [-0.4, -0.2) is 9.55 Å². The fraction of sp³-hybridized carbons (Fsp3) is 0.222. The summed E-state index contributed by atoms with van der Waals surface area (Å²) in [5.74, 6) is 1.13. The minimum Gasteiger partial charge on any atom is -0.303 e. The lowest BCUT2D eigenvalue weighted by molar-refractivity contribution is -0.660. The van der Waals surface area contributed by atoms with Gasteiger partial charge in [0, 0.05) is 30.4 Å². The Balaban J connectivity index is 1.99. The highest BCUT2D eigenvalue weighted by Crippen LogP contribution is 2.36. The predicted octanol–water partition coefficient (Wildman–Crippen LogP) is 2.88. The molecular formula is C18H18N3+. The number of hydrogen-bond acceptors (Lipinski definition) is 1. The van der Waals surface area contributed by atoms with Crippen LogP contribution >= 0.6 is 0 Å². The average Bonchev–Trinajstić information content (AvgIpc) is 3.00. The number of hydrogen-bond donors (Lipinski definition) is 0. The van der Waals surface area contributed by atoms with E-state index in [1.165, 1.54) is 33.6 Å². The molecule has 0 amide bonds. The molecule has 0 aliphatic carbocycles. The maximum absolute atomic E-state index is 4.47. The normalized spacial score (nSPS) is 12.3. The van der Waals surface area contributed by atoms with Crippen LogP contribution in [0, 0.1) is 13.8 Å². The van der Waals surface area contributed by atoms with Gasteiger partial charge in [0.2, 0.25) is 5.69 Å². The molecule has 1 aromatic carbocycles. The molecule has 0 fully saturated rings. The highest BCUT2D eigenvalue weighted by Gasteiger charge is 2.26. The van der Waals surface area contributed by atoms with E-state index in [0.717, 1.165) is 12.2 Å². The molecule has 4 rings (SSSR count). The van der Waals surface area contributed by atoms with Crippen LogP contribution in [0.4, 0.5) is 0 Å². The molecule has 0 N–H and O–H groups in total. The van der Waals surface area contributed by atoms with Gasteiger partial charge in [-0.1, -0.05) is 6.07 Å². The number of aryl methyl sites for hydroxylation is 3. The van der Waals surface area contributed by atoms with Crippen LogP contribution < -0.4 is 4.57 Å². The molecule has 0 atom stereocenters. The van der Waals surface area contributed by atoms with Crippen LogP contribution in [0.15, 0.2) is 42.9 Å². The lowest BCUT2D eigenvalue weighted by Crippen LogP contribution is -2.31. The summed E-state index contributed by atoms with van der Waals surface area (Å²) in [6, 6.07) is 8.82. The molecule has 3 heterocycles. The molecule has 0 bridgehead atoms. The molecule has 104 valence electrons. The van der Waals surface area contributed by atoms with E-state index >= 15 is 0 Å². The molecule has 3 aromatic rings. The van der Waals surface area contributed by atoms with Crippen LogP contribution in [0.1, 0.15) is 22.5 Å². The van der Waals surface area contributed by atoms with Gasteiger partial charge >= 0.3 is 0 Å². The summed E-state index contributed by atoms with van der Waals surface area (Å²) >= 11 is 0. The number of nitrogens with zero attached hydrogens (tertiary/aromatic N) is 3. The number of aromatic nitrogens is 3. The molecule has 1 aliphatic heterocycles. The van der Waals surface area contributed by atoms with Gasteiger partial charge in [-0.15, -0.1) is 0 Å². The summed E-state index contributed by atoms with van der Waals surface area (Å²) in [7, 11) is 2.12. The van der Waals surface area contributed by atoms with Crippen molar-refractivity contribution >= 4 is 0 Å². The third-order valence-corrected chi connectivity index (χ3v) is 4.35. The zero-order valence-electron chi connectivity index (χ0n) is 12.6. The Morgan fingerprint density at radius 3 is 2.81 bits per heavy atom. The summed E-state index contributed by atoms with van der Waals surface area (Å²) in [6.07, 6.45) is 7.02. The Morgan fingerprint density at radius 1 is 1.14 bits per heavy atom. The first kappa shape index (κ1) is 12.3. The minimum absolute atomic E-state index is 0.910. The minimum atomic E-state index is 0.910. The van der Waals surface area contributed by atoms with Crippen LogP contribution in [0.5, 0.6) is 0 Å². The average molecular weight is 276 g/mol. The number of pyridine rings is 1. The van der Waals surface area contributed by atoms with E-state index in [1.54, 1.807) is 0 Å². The lowest BCUT2D eigenvalue weighted by Gasteiger charge is -2.11.